The van der Waals surface area contributed by atoms with Gasteiger partial charge in [-0.2, -0.15) is 0 Å². The summed E-state index contributed by atoms with van der Waals surface area (Å²) in [4.78, 5) is 36.8. The van der Waals surface area contributed by atoms with Crippen LogP contribution in [0.3, 0.4) is 0 Å². The Morgan fingerprint density at radius 2 is 1.69 bits per heavy atom. The van der Waals surface area contributed by atoms with E-state index in [9.17, 15) is 14.9 Å². The van der Waals surface area contributed by atoms with Crippen LogP contribution in [-0.2, 0) is 11.2 Å². The average molecular weight is 486 g/mol. The minimum Gasteiger partial charge on any atom is -0.354 e. The Hall–Kier alpha value is -4.07. The highest BCUT2D eigenvalue weighted by atomic mass is 16.6. The first-order valence-corrected chi connectivity index (χ1v) is 12.2. The van der Waals surface area contributed by atoms with Crippen LogP contribution in [0.5, 0.6) is 0 Å². The Morgan fingerprint density at radius 3 is 2.39 bits per heavy atom. The maximum Gasteiger partial charge on any atom is 0.269 e. The molecule has 1 aliphatic heterocycles. The van der Waals surface area contributed by atoms with Gasteiger partial charge in [0.1, 0.15) is 11.6 Å². The van der Waals surface area contributed by atoms with Crippen LogP contribution in [0.4, 0.5) is 11.5 Å². The molecule has 0 saturated carbocycles. The van der Waals surface area contributed by atoms with Crippen molar-refractivity contribution in [2.75, 3.05) is 31.1 Å². The number of carbonyl (C=O) groups excluding carboxylic acids is 1. The molecule has 1 amide bonds. The standard InChI is InChI=1S/C28H31N5O3/c1-20-5-7-24(8-6-20)19-26-21(2)29-22(3)30-28(26)32-16-4-15-31(17-18-32)27(34)14-11-23-9-12-25(13-10-23)33(35)36/h5-14H,4,15-19H2,1-3H3/b14-11+. The van der Waals surface area contributed by atoms with Crippen molar-refractivity contribution in [3.8, 4) is 0 Å². The zero-order valence-corrected chi connectivity index (χ0v) is 21.0. The van der Waals surface area contributed by atoms with Gasteiger partial charge in [0.05, 0.1) is 4.92 Å². The van der Waals surface area contributed by atoms with Crippen LogP contribution in [0.1, 0.15) is 40.2 Å². The fourth-order valence-electron chi connectivity index (χ4n) is 4.43. The molecule has 0 spiro atoms. The van der Waals surface area contributed by atoms with E-state index < -0.39 is 4.92 Å². The number of rotatable bonds is 6. The number of hydrogen-bond donors (Lipinski definition) is 0. The second kappa shape index (κ2) is 11.1. The van der Waals surface area contributed by atoms with Crippen molar-refractivity contribution in [2.45, 2.75) is 33.6 Å². The van der Waals surface area contributed by atoms with E-state index in [4.69, 9.17) is 4.98 Å². The molecule has 0 aliphatic carbocycles. The molecule has 1 fully saturated rings. The Morgan fingerprint density at radius 1 is 0.972 bits per heavy atom. The molecule has 8 heteroatoms. The molecule has 4 rings (SSSR count). The molecule has 0 atom stereocenters. The lowest BCUT2D eigenvalue weighted by molar-refractivity contribution is -0.384. The third kappa shape index (κ3) is 6.13. The molecular formula is C28H31N5O3. The summed E-state index contributed by atoms with van der Waals surface area (Å²) in [7, 11) is 0. The van der Waals surface area contributed by atoms with Crippen molar-refractivity contribution in [1.82, 2.24) is 14.9 Å². The Balaban J connectivity index is 1.46. The summed E-state index contributed by atoms with van der Waals surface area (Å²) in [6.07, 6.45) is 4.84. The predicted molar refractivity (Wildman–Crippen MR) is 141 cm³/mol. The van der Waals surface area contributed by atoms with E-state index in [1.807, 2.05) is 18.7 Å². The highest BCUT2D eigenvalue weighted by Gasteiger charge is 2.22. The van der Waals surface area contributed by atoms with E-state index in [2.05, 4.69) is 41.1 Å². The number of anilines is 1. The lowest BCUT2D eigenvalue weighted by Gasteiger charge is -2.26. The normalized spacial score (nSPS) is 14.2. The van der Waals surface area contributed by atoms with Crippen LogP contribution < -0.4 is 4.90 Å². The number of aromatic nitrogens is 2. The monoisotopic (exact) mass is 485 g/mol. The molecule has 186 valence electrons. The van der Waals surface area contributed by atoms with Crippen molar-refractivity contribution < 1.29 is 9.72 Å². The zero-order chi connectivity index (χ0) is 25.7. The number of hydrogen-bond acceptors (Lipinski definition) is 6. The molecule has 0 radical (unpaired) electrons. The topological polar surface area (TPSA) is 92.5 Å². The number of nitro benzene ring substituents is 1. The van der Waals surface area contributed by atoms with E-state index in [0.29, 0.717) is 19.6 Å². The summed E-state index contributed by atoms with van der Waals surface area (Å²) in [6.45, 7) is 8.80. The third-order valence-corrected chi connectivity index (χ3v) is 6.43. The fourth-order valence-corrected chi connectivity index (χ4v) is 4.43. The van der Waals surface area contributed by atoms with Crippen molar-refractivity contribution in [3.63, 3.8) is 0 Å². The van der Waals surface area contributed by atoms with Gasteiger partial charge in [0, 0.05) is 62.1 Å². The Kier molecular flexibility index (Phi) is 7.73. The number of nitrogens with zero attached hydrogens (tertiary/aromatic N) is 5. The number of carbonyl (C=O) groups is 1. The lowest BCUT2D eigenvalue weighted by Crippen LogP contribution is -2.35. The van der Waals surface area contributed by atoms with Crippen LogP contribution in [0, 0.1) is 30.9 Å². The van der Waals surface area contributed by atoms with Crippen molar-refractivity contribution in [2.24, 2.45) is 0 Å². The molecule has 2 heterocycles. The van der Waals surface area contributed by atoms with Gasteiger partial charge in [-0.25, -0.2) is 9.97 Å². The first-order valence-electron chi connectivity index (χ1n) is 12.2. The summed E-state index contributed by atoms with van der Waals surface area (Å²) < 4.78 is 0. The van der Waals surface area contributed by atoms with E-state index in [0.717, 1.165) is 47.8 Å². The Labute approximate surface area is 211 Å². The number of benzene rings is 2. The first kappa shape index (κ1) is 25.0. The summed E-state index contributed by atoms with van der Waals surface area (Å²) in [6, 6.07) is 14.7. The molecular weight excluding hydrogens is 454 g/mol. The molecule has 1 aliphatic rings. The molecule has 0 N–H and O–H groups in total. The van der Waals surface area contributed by atoms with Gasteiger partial charge in [-0.1, -0.05) is 29.8 Å². The van der Waals surface area contributed by atoms with E-state index in [-0.39, 0.29) is 11.6 Å². The highest BCUT2D eigenvalue weighted by Crippen LogP contribution is 2.25. The van der Waals surface area contributed by atoms with Crippen LogP contribution in [0.2, 0.25) is 0 Å². The third-order valence-electron chi connectivity index (χ3n) is 6.43. The van der Waals surface area contributed by atoms with Crippen molar-refractivity contribution >= 4 is 23.5 Å². The molecule has 8 nitrogen and oxygen atoms in total. The van der Waals surface area contributed by atoms with Crippen molar-refractivity contribution in [1.29, 1.82) is 0 Å². The number of amides is 1. The first-order chi connectivity index (χ1) is 17.3. The summed E-state index contributed by atoms with van der Waals surface area (Å²) in [5.41, 5.74) is 5.35. The SMILES string of the molecule is Cc1ccc(Cc2c(C)nc(C)nc2N2CCCN(C(=O)/C=C/c3ccc([N+](=O)[O-])cc3)CC2)cc1. The number of aryl methyl sites for hydroxylation is 3. The summed E-state index contributed by atoms with van der Waals surface area (Å²) in [5, 5.41) is 10.8. The van der Waals surface area contributed by atoms with Gasteiger partial charge in [-0.05, 0) is 56.5 Å². The van der Waals surface area contributed by atoms with Gasteiger partial charge in [-0.15, -0.1) is 0 Å². The second-order valence-electron chi connectivity index (χ2n) is 9.17. The largest absolute Gasteiger partial charge is 0.354 e. The quantitative estimate of drug-likeness (QED) is 0.287. The molecule has 0 bridgehead atoms. The fraction of sp³-hybridized carbons (Fsp3) is 0.321. The smallest absolute Gasteiger partial charge is 0.269 e. The molecule has 3 aromatic rings. The highest BCUT2D eigenvalue weighted by molar-refractivity contribution is 5.91. The minimum atomic E-state index is -0.436. The van der Waals surface area contributed by atoms with Gasteiger partial charge in [0.2, 0.25) is 5.91 Å². The van der Waals surface area contributed by atoms with E-state index in [1.54, 1.807) is 24.3 Å². The van der Waals surface area contributed by atoms with Crippen LogP contribution >= 0.6 is 0 Å². The molecule has 1 aromatic heterocycles. The molecule has 36 heavy (non-hydrogen) atoms. The molecule has 2 aromatic carbocycles. The van der Waals surface area contributed by atoms with Crippen LogP contribution in [-0.4, -0.2) is 51.9 Å². The molecule has 1 saturated heterocycles. The van der Waals surface area contributed by atoms with Crippen molar-refractivity contribution in [3.05, 3.63) is 98.5 Å². The van der Waals surface area contributed by atoms with E-state index in [1.165, 1.54) is 23.3 Å². The summed E-state index contributed by atoms with van der Waals surface area (Å²) in [5.74, 6) is 1.64. The van der Waals surface area contributed by atoms with Crippen LogP contribution in [0.15, 0.2) is 54.6 Å². The van der Waals surface area contributed by atoms with Gasteiger partial charge >= 0.3 is 0 Å². The maximum atomic E-state index is 12.9. The van der Waals surface area contributed by atoms with Crippen LogP contribution in [0.25, 0.3) is 6.08 Å². The lowest BCUT2D eigenvalue weighted by atomic mass is 10.0. The minimum absolute atomic E-state index is 0.0306. The van der Waals surface area contributed by atoms with Gasteiger partial charge < -0.3 is 9.80 Å². The van der Waals surface area contributed by atoms with Gasteiger partial charge in [0.15, 0.2) is 0 Å². The second-order valence-corrected chi connectivity index (χ2v) is 9.17. The number of nitro groups is 1. The maximum absolute atomic E-state index is 12.9. The van der Waals surface area contributed by atoms with E-state index >= 15 is 0 Å². The Bertz CT molecular complexity index is 1270. The van der Waals surface area contributed by atoms with Gasteiger partial charge in [0.25, 0.3) is 5.69 Å². The average Bonchev–Trinajstić information content (AvgIpc) is 3.12. The zero-order valence-electron chi connectivity index (χ0n) is 21.0. The summed E-state index contributed by atoms with van der Waals surface area (Å²) >= 11 is 0. The molecule has 0 unspecified atom stereocenters. The van der Waals surface area contributed by atoms with Gasteiger partial charge in [-0.3, -0.25) is 14.9 Å². The predicted octanol–water partition coefficient (Wildman–Crippen LogP) is 4.65. The number of non-ortho nitro benzene ring substituents is 1.